The average molecular weight is 358 g/mol. The van der Waals surface area contributed by atoms with Crippen molar-refractivity contribution in [1.29, 1.82) is 0 Å². The van der Waals surface area contributed by atoms with Gasteiger partial charge in [0.25, 0.3) is 0 Å². The van der Waals surface area contributed by atoms with Gasteiger partial charge in [0.15, 0.2) is 0 Å². The molecule has 0 N–H and O–H groups in total. The van der Waals surface area contributed by atoms with E-state index in [9.17, 15) is 4.39 Å². The molecule has 1 saturated carbocycles. The van der Waals surface area contributed by atoms with Gasteiger partial charge in [-0.1, -0.05) is 36.4 Å². The molecule has 1 aliphatic carbocycles. The first-order valence-corrected chi connectivity index (χ1v) is 10.0. The molecular formula is C20H20FNS2. The Balaban J connectivity index is 1.64. The summed E-state index contributed by atoms with van der Waals surface area (Å²) in [6.45, 7) is 0. The zero-order valence-electron chi connectivity index (χ0n) is 13.4. The van der Waals surface area contributed by atoms with Crippen LogP contribution in [0, 0.1) is 11.7 Å². The van der Waals surface area contributed by atoms with Crippen LogP contribution < -0.4 is 0 Å². The standard InChI is InChI=1S/C20H20FNS2/c21-17-9-11-19(12-10-17)23-14-13-20(24-15-16-5-4-6-16)22-18-7-2-1-3-8-18/h1-3,7-14,16H,4-6,15H2. The number of halogens is 1. The van der Waals surface area contributed by atoms with Crippen LogP contribution in [0.2, 0.25) is 0 Å². The molecule has 0 amide bonds. The molecule has 1 aliphatic rings. The van der Waals surface area contributed by atoms with Crippen LogP contribution in [0.1, 0.15) is 19.3 Å². The Bertz CT molecular complexity index is 691. The molecule has 0 unspecified atom stereocenters. The summed E-state index contributed by atoms with van der Waals surface area (Å²) >= 11 is 3.41. The lowest BCUT2D eigenvalue weighted by Gasteiger charge is -2.24. The number of hydrogen-bond acceptors (Lipinski definition) is 3. The van der Waals surface area contributed by atoms with Crippen LogP contribution in [0.25, 0.3) is 0 Å². The summed E-state index contributed by atoms with van der Waals surface area (Å²) in [6, 6.07) is 16.6. The Morgan fingerprint density at radius 1 is 1.08 bits per heavy atom. The van der Waals surface area contributed by atoms with E-state index in [0.29, 0.717) is 0 Å². The Labute approximate surface area is 151 Å². The second-order valence-corrected chi connectivity index (χ2v) is 7.79. The molecule has 0 aromatic heterocycles. The van der Waals surface area contributed by atoms with Crippen molar-refractivity contribution in [3.8, 4) is 0 Å². The van der Waals surface area contributed by atoms with E-state index in [4.69, 9.17) is 4.99 Å². The minimum atomic E-state index is -0.203. The molecule has 3 rings (SSSR count). The van der Waals surface area contributed by atoms with Crippen molar-refractivity contribution in [2.24, 2.45) is 10.9 Å². The molecule has 0 radical (unpaired) electrons. The molecule has 124 valence electrons. The molecule has 2 aromatic rings. The normalized spacial score (nSPS) is 15.6. The lowest BCUT2D eigenvalue weighted by atomic mass is 9.87. The molecule has 0 heterocycles. The number of aliphatic imine (C=N–C) groups is 1. The first kappa shape index (κ1) is 17.3. The molecule has 0 bridgehead atoms. The molecule has 0 saturated heterocycles. The molecule has 24 heavy (non-hydrogen) atoms. The van der Waals surface area contributed by atoms with Gasteiger partial charge in [-0.05, 0) is 66.6 Å². The zero-order chi connectivity index (χ0) is 16.6. The molecule has 0 spiro atoms. The smallest absolute Gasteiger partial charge is 0.123 e. The maximum absolute atomic E-state index is 12.9. The summed E-state index contributed by atoms with van der Waals surface area (Å²) in [6.07, 6.45) is 6.12. The van der Waals surface area contributed by atoms with Gasteiger partial charge in [-0.2, -0.15) is 0 Å². The van der Waals surface area contributed by atoms with Gasteiger partial charge < -0.3 is 0 Å². The highest BCUT2D eigenvalue weighted by Gasteiger charge is 2.17. The van der Waals surface area contributed by atoms with Crippen LogP contribution in [0.3, 0.4) is 0 Å². The zero-order valence-corrected chi connectivity index (χ0v) is 15.0. The maximum atomic E-state index is 12.9. The molecule has 1 nitrogen and oxygen atoms in total. The van der Waals surface area contributed by atoms with Crippen molar-refractivity contribution in [2.45, 2.75) is 24.2 Å². The fraction of sp³-hybridized carbons (Fsp3) is 0.250. The Kier molecular flexibility index (Phi) is 6.56. The number of nitrogens with zero attached hydrogens (tertiary/aromatic N) is 1. The van der Waals surface area contributed by atoms with E-state index in [1.165, 1.54) is 31.4 Å². The lowest BCUT2D eigenvalue weighted by molar-refractivity contribution is 0.353. The van der Waals surface area contributed by atoms with E-state index in [-0.39, 0.29) is 5.82 Å². The van der Waals surface area contributed by atoms with Crippen LogP contribution in [-0.2, 0) is 0 Å². The van der Waals surface area contributed by atoms with Gasteiger partial charge in [-0.15, -0.1) is 11.8 Å². The Morgan fingerprint density at radius 3 is 2.50 bits per heavy atom. The van der Waals surface area contributed by atoms with Gasteiger partial charge in [-0.3, -0.25) is 0 Å². The van der Waals surface area contributed by atoms with E-state index < -0.39 is 0 Å². The fourth-order valence-corrected chi connectivity index (χ4v) is 4.10. The maximum Gasteiger partial charge on any atom is 0.123 e. The van der Waals surface area contributed by atoms with E-state index in [1.54, 1.807) is 23.9 Å². The fourth-order valence-electron chi connectivity index (χ4n) is 2.29. The highest BCUT2D eigenvalue weighted by molar-refractivity contribution is 8.14. The molecule has 0 atom stereocenters. The van der Waals surface area contributed by atoms with Crippen molar-refractivity contribution in [2.75, 3.05) is 5.75 Å². The highest BCUT2D eigenvalue weighted by atomic mass is 32.2. The van der Waals surface area contributed by atoms with Crippen LogP contribution in [-0.4, -0.2) is 10.8 Å². The largest absolute Gasteiger partial charge is 0.242 e. The minimum absolute atomic E-state index is 0.203. The van der Waals surface area contributed by atoms with Gasteiger partial charge >= 0.3 is 0 Å². The monoisotopic (exact) mass is 357 g/mol. The van der Waals surface area contributed by atoms with Crippen LogP contribution in [0.15, 0.2) is 76.0 Å². The molecular weight excluding hydrogens is 337 g/mol. The second kappa shape index (κ2) is 9.09. The average Bonchev–Trinajstić information content (AvgIpc) is 2.56. The summed E-state index contributed by atoms with van der Waals surface area (Å²) in [4.78, 5) is 5.78. The number of rotatable bonds is 6. The van der Waals surface area contributed by atoms with Gasteiger partial charge in [0.1, 0.15) is 5.82 Å². The third-order valence-corrected chi connectivity index (χ3v) is 5.89. The third-order valence-electron chi connectivity index (χ3n) is 3.92. The van der Waals surface area contributed by atoms with Crippen molar-refractivity contribution in [3.63, 3.8) is 0 Å². The summed E-state index contributed by atoms with van der Waals surface area (Å²) in [5.41, 5.74) is 0.977. The van der Waals surface area contributed by atoms with Gasteiger partial charge in [0, 0.05) is 10.6 Å². The van der Waals surface area contributed by atoms with E-state index in [0.717, 1.165) is 27.3 Å². The summed E-state index contributed by atoms with van der Waals surface area (Å²) < 4.78 is 12.9. The second-order valence-electron chi connectivity index (χ2n) is 5.77. The molecule has 0 aliphatic heterocycles. The van der Waals surface area contributed by atoms with Crippen LogP contribution >= 0.6 is 23.5 Å². The van der Waals surface area contributed by atoms with Crippen molar-refractivity contribution >= 4 is 34.3 Å². The van der Waals surface area contributed by atoms with E-state index in [2.05, 4.69) is 6.08 Å². The summed E-state index contributed by atoms with van der Waals surface area (Å²) in [7, 11) is 0. The predicted molar refractivity (Wildman–Crippen MR) is 105 cm³/mol. The first-order chi connectivity index (χ1) is 11.8. The Hall–Kier alpha value is -1.52. The quantitative estimate of drug-likeness (QED) is 0.324. The Morgan fingerprint density at radius 2 is 1.83 bits per heavy atom. The van der Waals surface area contributed by atoms with Crippen LogP contribution in [0.5, 0.6) is 0 Å². The lowest BCUT2D eigenvalue weighted by Crippen LogP contribution is -2.14. The molecule has 4 heteroatoms. The highest BCUT2D eigenvalue weighted by Crippen LogP contribution is 2.31. The minimum Gasteiger partial charge on any atom is -0.242 e. The number of para-hydroxylation sites is 1. The van der Waals surface area contributed by atoms with Crippen LogP contribution in [0.4, 0.5) is 10.1 Å². The van der Waals surface area contributed by atoms with E-state index in [1.807, 2.05) is 47.5 Å². The topological polar surface area (TPSA) is 12.4 Å². The van der Waals surface area contributed by atoms with Crippen molar-refractivity contribution < 1.29 is 4.39 Å². The molecule has 1 fully saturated rings. The van der Waals surface area contributed by atoms with Gasteiger partial charge in [0.05, 0.1) is 10.7 Å². The predicted octanol–water partition coefficient (Wildman–Crippen LogP) is 6.70. The molecule has 2 aromatic carbocycles. The summed E-state index contributed by atoms with van der Waals surface area (Å²) in [5.74, 6) is 1.77. The number of benzene rings is 2. The first-order valence-electron chi connectivity index (χ1n) is 8.15. The SMILES string of the molecule is Fc1ccc(SC=CC(=Nc2ccccc2)SCC2CCC2)cc1. The van der Waals surface area contributed by atoms with E-state index >= 15 is 0 Å². The van der Waals surface area contributed by atoms with Crippen molar-refractivity contribution in [3.05, 3.63) is 71.9 Å². The summed E-state index contributed by atoms with van der Waals surface area (Å²) in [5, 5.41) is 3.06. The van der Waals surface area contributed by atoms with Gasteiger partial charge in [-0.25, -0.2) is 9.38 Å². The number of hydrogen-bond donors (Lipinski definition) is 0. The van der Waals surface area contributed by atoms with Gasteiger partial charge in [0.2, 0.25) is 0 Å². The third kappa shape index (κ3) is 5.53. The number of thioether (sulfide) groups is 2. The van der Waals surface area contributed by atoms with Crippen molar-refractivity contribution in [1.82, 2.24) is 0 Å².